The second-order valence-electron chi connectivity index (χ2n) is 4.07. The van der Waals surface area contributed by atoms with Crippen molar-refractivity contribution in [3.8, 4) is 11.1 Å². The van der Waals surface area contributed by atoms with Crippen molar-refractivity contribution in [2.45, 2.75) is 13.3 Å². The molecule has 2 aromatic rings. The molecule has 0 aliphatic rings. The van der Waals surface area contributed by atoms with Crippen LogP contribution < -0.4 is 0 Å². The van der Waals surface area contributed by atoms with E-state index >= 15 is 0 Å². The Balaban J connectivity index is 2.19. The molecular weight excluding hydrogens is 210 g/mol. The van der Waals surface area contributed by atoms with E-state index in [-0.39, 0.29) is 0 Å². The number of oxime groups is 1. The van der Waals surface area contributed by atoms with E-state index in [0.29, 0.717) is 6.42 Å². The molecule has 0 unspecified atom stereocenters. The van der Waals surface area contributed by atoms with Gasteiger partial charge in [-0.05, 0) is 23.6 Å². The van der Waals surface area contributed by atoms with Gasteiger partial charge in [0.25, 0.3) is 0 Å². The predicted molar refractivity (Wildman–Crippen MR) is 70.5 cm³/mol. The van der Waals surface area contributed by atoms with Gasteiger partial charge in [-0.25, -0.2) is 0 Å². The number of hydrogen-bond donors (Lipinski definition) is 1. The van der Waals surface area contributed by atoms with Crippen LogP contribution >= 0.6 is 0 Å². The lowest BCUT2D eigenvalue weighted by Crippen LogP contribution is -1.96. The van der Waals surface area contributed by atoms with Crippen molar-refractivity contribution in [2.75, 3.05) is 0 Å². The number of hydrogen-bond acceptors (Lipinski definition) is 2. The van der Waals surface area contributed by atoms with Gasteiger partial charge in [-0.1, -0.05) is 59.8 Å². The van der Waals surface area contributed by atoms with Crippen molar-refractivity contribution in [3.63, 3.8) is 0 Å². The van der Waals surface area contributed by atoms with Gasteiger partial charge in [-0.2, -0.15) is 0 Å². The van der Waals surface area contributed by atoms with Crippen LogP contribution in [0, 0.1) is 0 Å². The normalized spacial score (nSPS) is 11.5. The van der Waals surface area contributed by atoms with Crippen LogP contribution in [0.1, 0.15) is 12.5 Å². The fourth-order valence-corrected chi connectivity index (χ4v) is 1.78. The van der Waals surface area contributed by atoms with E-state index in [9.17, 15) is 0 Å². The molecule has 0 saturated carbocycles. The predicted octanol–water partition coefficient (Wildman–Crippen LogP) is 3.75. The summed E-state index contributed by atoms with van der Waals surface area (Å²) in [7, 11) is 0. The van der Waals surface area contributed by atoms with E-state index in [4.69, 9.17) is 5.21 Å². The molecule has 1 N–H and O–H groups in total. The van der Waals surface area contributed by atoms with Crippen molar-refractivity contribution in [2.24, 2.45) is 5.16 Å². The van der Waals surface area contributed by atoms with E-state index in [1.165, 1.54) is 11.1 Å². The molecule has 0 radical (unpaired) electrons. The van der Waals surface area contributed by atoms with Crippen LogP contribution in [0.25, 0.3) is 11.1 Å². The van der Waals surface area contributed by atoms with Gasteiger partial charge in [-0.3, -0.25) is 0 Å². The monoisotopic (exact) mass is 225 g/mol. The highest BCUT2D eigenvalue weighted by molar-refractivity contribution is 5.83. The van der Waals surface area contributed by atoms with Gasteiger partial charge in [0.1, 0.15) is 0 Å². The lowest BCUT2D eigenvalue weighted by molar-refractivity contribution is 0.317. The molecular formula is C15H15NO. The van der Waals surface area contributed by atoms with E-state index in [1.807, 2.05) is 25.1 Å². The number of rotatable bonds is 3. The molecule has 2 nitrogen and oxygen atoms in total. The summed E-state index contributed by atoms with van der Waals surface area (Å²) >= 11 is 0. The summed E-state index contributed by atoms with van der Waals surface area (Å²) in [6.45, 7) is 1.81. The Morgan fingerprint density at radius 1 is 0.941 bits per heavy atom. The van der Waals surface area contributed by atoms with Crippen LogP contribution in [0.15, 0.2) is 59.8 Å². The molecule has 0 atom stereocenters. The highest BCUT2D eigenvalue weighted by Gasteiger charge is 1.99. The molecule has 2 rings (SSSR count). The average molecular weight is 225 g/mol. The smallest absolute Gasteiger partial charge is 0.0583 e. The molecule has 0 spiro atoms. The molecule has 17 heavy (non-hydrogen) atoms. The average Bonchev–Trinajstić information content (AvgIpc) is 2.40. The molecule has 2 aromatic carbocycles. The molecule has 0 amide bonds. The molecule has 0 aliphatic carbocycles. The maximum absolute atomic E-state index is 8.62. The number of nitrogens with zero attached hydrogens (tertiary/aromatic N) is 1. The van der Waals surface area contributed by atoms with Crippen LogP contribution in [0.4, 0.5) is 0 Å². The highest BCUT2D eigenvalue weighted by Crippen LogP contribution is 2.19. The van der Waals surface area contributed by atoms with Crippen molar-refractivity contribution in [3.05, 3.63) is 60.2 Å². The third-order valence-electron chi connectivity index (χ3n) is 2.69. The summed E-state index contributed by atoms with van der Waals surface area (Å²) in [4.78, 5) is 0. The summed E-state index contributed by atoms with van der Waals surface area (Å²) in [5, 5.41) is 11.8. The van der Waals surface area contributed by atoms with Crippen LogP contribution in [0.2, 0.25) is 0 Å². The standard InChI is InChI=1S/C15H15NO/c1-12(16-17)11-13-7-9-15(10-8-13)14-5-3-2-4-6-14/h2-10,17H,11H2,1H3/b16-12+. The summed E-state index contributed by atoms with van der Waals surface area (Å²) in [5.74, 6) is 0. The van der Waals surface area contributed by atoms with Crippen molar-refractivity contribution < 1.29 is 5.21 Å². The summed E-state index contributed by atoms with van der Waals surface area (Å²) < 4.78 is 0. The first kappa shape index (κ1) is 11.4. The molecule has 2 heteroatoms. The Hall–Kier alpha value is -2.09. The van der Waals surface area contributed by atoms with Crippen molar-refractivity contribution in [1.29, 1.82) is 0 Å². The fraction of sp³-hybridized carbons (Fsp3) is 0.133. The SMILES string of the molecule is C/C(Cc1ccc(-c2ccccc2)cc1)=N\O. The van der Waals surface area contributed by atoms with Gasteiger partial charge in [0.2, 0.25) is 0 Å². The Kier molecular flexibility index (Phi) is 3.55. The van der Waals surface area contributed by atoms with Gasteiger partial charge < -0.3 is 5.21 Å². The molecule has 0 bridgehead atoms. The second kappa shape index (κ2) is 5.30. The van der Waals surface area contributed by atoms with Crippen LogP contribution in [-0.2, 0) is 6.42 Å². The van der Waals surface area contributed by atoms with Gasteiger partial charge in [-0.15, -0.1) is 0 Å². The summed E-state index contributed by atoms with van der Waals surface area (Å²) in [6.07, 6.45) is 0.686. The maximum Gasteiger partial charge on any atom is 0.0583 e. The zero-order valence-electron chi connectivity index (χ0n) is 9.80. The second-order valence-corrected chi connectivity index (χ2v) is 4.07. The van der Waals surface area contributed by atoms with E-state index < -0.39 is 0 Å². The molecule has 0 fully saturated rings. The zero-order chi connectivity index (χ0) is 12.1. The Bertz CT molecular complexity index is 500. The third kappa shape index (κ3) is 2.94. The highest BCUT2D eigenvalue weighted by atomic mass is 16.4. The summed E-state index contributed by atoms with van der Waals surface area (Å²) in [5.41, 5.74) is 4.29. The topological polar surface area (TPSA) is 32.6 Å². The van der Waals surface area contributed by atoms with Crippen LogP contribution in [0.5, 0.6) is 0 Å². The lowest BCUT2D eigenvalue weighted by atomic mass is 10.0. The van der Waals surface area contributed by atoms with E-state index in [2.05, 4.69) is 41.6 Å². The van der Waals surface area contributed by atoms with Gasteiger partial charge in [0, 0.05) is 6.42 Å². The minimum atomic E-state index is 0.686. The minimum absolute atomic E-state index is 0.686. The molecule has 0 aromatic heterocycles. The first-order valence-corrected chi connectivity index (χ1v) is 5.61. The van der Waals surface area contributed by atoms with E-state index in [1.54, 1.807) is 0 Å². The molecule has 86 valence electrons. The fourth-order valence-electron chi connectivity index (χ4n) is 1.78. The zero-order valence-corrected chi connectivity index (χ0v) is 9.80. The first-order chi connectivity index (χ1) is 8.29. The van der Waals surface area contributed by atoms with Crippen LogP contribution in [0.3, 0.4) is 0 Å². The largest absolute Gasteiger partial charge is 0.411 e. The quantitative estimate of drug-likeness (QED) is 0.481. The minimum Gasteiger partial charge on any atom is -0.411 e. The summed E-state index contributed by atoms with van der Waals surface area (Å²) in [6, 6.07) is 18.6. The Morgan fingerprint density at radius 2 is 1.53 bits per heavy atom. The third-order valence-corrected chi connectivity index (χ3v) is 2.69. The van der Waals surface area contributed by atoms with E-state index in [0.717, 1.165) is 11.3 Å². The van der Waals surface area contributed by atoms with Gasteiger partial charge >= 0.3 is 0 Å². The molecule has 0 heterocycles. The maximum atomic E-state index is 8.62. The molecule has 0 saturated heterocycles. The van der Waals surface area contributed by atoms with Crippen molar-refractivity contribution >= 4 is 5.71 Å². The lowest BCUT2D eigenvalue weighted by Gasteiger charge is -2.03. The molecule has 0 aliphatic heterocycles. The Morgan fingerprint density at radius 3 is 2.12 bits per heavy atom. The van der Waals surface area contributed by atoms with Gasteiger partial charge in [0.05, 0.1) is 5.71 Å². The Labute approximate surface area is 101 Å². The number of benzene rings is 2. The first-order valence-electron chi connectivity index (χ1n) is 5.61. The van der Waals surface area contributed by atoms with Gasteiger partial charge in [0.15, 0.2) is 0 Å². The van der Waals surface area contributed by atoms with Crippen LogP contribution in [-0.4, -0.2) is 10.9 Å². The van der Waals surface area contributed by atoms with Crippen molar-refractivity contribution in [1.82, 2.24) is 0 Å².